The maximum Gasteiger partial charge on any atom is 0.155 e. The van der Waals surface area contributed by atoms with Gasteiger partial charge in [0.05, 0.1) is 5.02 Å². The Labute approximate surface area is 103 Å². The molecule has 16 heavy (non-hydrogen) atoms. The van der Waals surface area contributed by atoms with Crippen molar-refractivity contribution in [2.75, 3.05) is 11.5 Å². The van der Waals surface area contributed by atoms with E-state index in [4.69, 9.17) is 11.6 Å². The van der Waals surface area contributed by atoms with Crippen LogP contribution in [0.3, 0.4) is 0 Å². The molecule has 0 spiro atoms. The first-order chi connectivity index (χ1) is 7.81. The Morgan fingerprint density at radius 3 is 3.25 bits per heavy atom. The number of fused-ring (bicyclic) bond motifs is 1. The molecule has 2 aromatic rings. The maximum atomic E-state index is 5.91. The average Bonchev–Trinajstić information content (AvgIpc) is 2.86. The second-order valence-corrected chi connectivity index (χ2v) is 5.70. The second-order valence-electron chi connectivity index (χ2n) is 4.11. The third kappa shape index (κ3) is 2.04. The SMILES string of the molecule is Clc1ccc2nc(CC3CCSC3)nn2c1. The zero-order valence-corrected chi connectivity index (χ0v) is 10.3. The molecule has 1 saturated heterocycles. The van der Waals surface area contributed by atoms with Crippen LogP contribution in [0.5, 0.6) is 0 Å². The molecule has 0 aromatic carbocycles. The van der Waals surface area contributed by atoms with E-state index in [0.29, 0.717) is 5.02 Å². The van der Waals surface area contributed by atoms with Gasteiger partial charge in [0, 0.05) is 12.6 Å². The van der Waals surface area contributed by atoms with Crippen LogP contribution in [0.2, 0.25) is 5.02 Å². The van der Waals surface area contributed by atoms with E-state index in [1.54, 1.807) is 10.7 Å². The predicted octanol–water partition coefficient (Wildman–Crippen LogP) is 2.68. The molecule has 0 aliphatic carbocycles. The van der Waals surface area contributed by atoms with Gasteiger partial charge in [-0.1, -0.05) is 11.6 Å². The molecule has 0 N–H and O–H groups in total. The van der Waals surface area contributed by atoms with Crippen LogP contribution >= 0.6 is 23.4 Å². The van der Waals surface area contributed by atoms with Crippen molar-refractivity contribution in [2.45, 2.75) is 12.8 Å². The lowest BCUT2D eigenvalue weighted by Gasteiger charge is -2.02. The molecule has 0 radical (unpaired) electrons. The fourth-order valence-electron chi connectivity index (χ4n) is 1.99. The summed E-state index contributed by atoms with van der Waals surface area (Å²) < 4.78 is 1.76. The molecule has 0 bridgehead atoms. The highest BCUT2D eigenvalue weighted by Gasteiger charge is 2.18. The van der Waals surface area contributed by atoms with Crippen LogP contribution in [0.1, 0.15) is 12.2 Å². The summed E-state index contributed by atoms with van der Waals surface area (Å²) in [6, 6.07) is 3.75. The number of hydrogen-bond donors (Lipinski definition) is 0. The lowest BCUT2D eigenvalue weighted by Crippen LogP contribution is -2.04. The van der Waals surface area contributed by atoms with E-state index in [0.717, 1.165) is 23.8 Å². The molecule has 1 fully saturated rings. The molecule has 3 nitrogen and oxygen atoms in total. The minimum atomic E-state index is 0.695. The number of hydrogen-bond acceptors (Lipinski definition) is 3. The van der Waals surface area contributed by atoms with Gasteiger partial charge in [0.1, 0.15) is 0 Å². The molecular formula is C11H12ClN3S. The summed E-state index contributed by atoms with van der Waals surface area (Å²) in [6.45, 7) is 0. The Morgan fingerprint density at radius 2 is 2.44 bits per heavy atom. The summed E-state index contributed by atoms with van der Waals surface area (Å²) in [4.78, 5) is 4.50. The lowest BCUT2D eigenvalue weighted by atomic mass is 10.1. The van der Waals surface area contributed by atoms with Crippen molar-refractivity contribution in [2.24, 2.45) is 5.92 Å². The van der Waals surface area contributed by atoms with Crippen LogP contribution in [-0.2, 0) is 6.42 Å². The van der Waals surface area contributed by atoms with Crippen LogP contribution in [-0.4, -0.2) is 26.1 Å². The van der Waals surface area contributed by atoms with Crippen LogP contribution in [0, 0.1) is 5.92 Å². The van der Waals surface area contributed by atoms with Gasteiger partial charge in [-0.15, -0.1) is 0 Å². The van der Waals surface area contributed by atoms with Gasteiger partial charge < -0.3 is 0 Å². The van der Waals surface area contributed by atoms with Crippen molar-refractivity contribution in [3.05, 3.63) is 29.2 Å². The van der Waals surface area contributed by atoms with Gasteiger partial charge in [0.15, 0.2) is 11.5 Å². The van der Waals surface area contributed by atoms with Gasteiger partial charge in [-0.05, 0) is 36.0 Å². The fourth-order valence-corrected chi connectivity index (χ4v) is 3.43. The van der Waals surface area contributed by atoms with Crippen LogP contribution in [0.15, 0.2) is 18.3 Å². The third-order valence-corrected chi connectivity index (χ3v) is 4.29. The normalized spacial score (nSPS) is 20.7. The Bertz CT molecular complexity index is 505. The smallest absolute Gasteiger partial charge is 0.155 e. The van der Waals surface area contributed by atoms with Crippen molar-refractivity contribution in [1.29, 1.82) is 0 Å². The summed E-state index contributed by atoms with van der Waals surface area (Å²) >= 11 is 7.93. The van der Waals surface area contributed by atoms with E-state index in [1.165, 1.54) is 17.9 Å². The third-order valence-electron chi connectivity index (χ3n) is 2.83. The van der Waals surface area contributed by atoms with E-state index in [1.807, 2.05) is 23.9 Å². The highest BCUT2D eigenvalue weighted by Crippen LogP contribution is 2.25. The van der Waals surface area contributed by atoms with E-state index >= 15 is 0 Å². The monoisotopic (exact) mass is 253 g/mol. The van der Waals surface area contributed by atoms with Crippen LogP contribution in [0.25, 0.3) is 5.65 Å². The lowest BCUT2D eigenvalue weighted by molar-refractivity contribution is 0.576. The van der Waals surface area contributed by atoms with Crippen molar-refractivity contribution in [3.63, 3.8) is 0 Å². The predicted molar refractivity (Wildman–Crippen MR) is 67.1 cm³/mol. The van der Waals surface area contributed by atoms with Crippen molar-refractivity contribution >= 4 is 29.0 Å². The molecule has 3 heterocycles. The maximum absolute atomic E-state index is 5.91. The number of nitrogens with zero attached hydrogens (tertiary/aromatic N) is 3. The molecule has 1 aliphatic rings. The number of rotatable bonds is 2. The minimum Gasteiger partial charge on any atom is -0.219 e. The minimum absolute atomic E-state index is 0.695. The Kier molecular flexibility index (Phi) is 2.77. The van der Waals surface area contributed by atoms with Gasteiger partial charge in [-0.3, -0.25) is 0 Å². The standard InChI is InChI=1S/C11H12ClN3S/c12-9-1-2-11-13-10(14-15(11)6-9)5-8-3-4-16-7-8/h1-2,6,8H,3-5,7H2. The number of pyridine rings is 1. The van der Waals surface area contributed by atoms with Crippen LogP contribution < -0.4 is 0 Å². The molecule has 1 aliphatic heterocycles. The zero-order chi connectivity index (χ0) is 11.0. The second kappa shape index (κ2) is 4.26. The highest BCUT2D eigenvalue weighted by molar-refractivity contribution is 7.99. The van der Waals surface area contributed by atoms with Gasteiger partial charge in [0.25, 0.3) is 0 Å². The first-order valence-electron chi connectivity index (χ1n) is 5.40. The van der Waals surface area contributed by atoms with E-state index in [2.05, 4.69) is 10.1 Å². The van der Waals surface area contributed by atoms with Gasteiger partial charge >= 0.3 is 0 Å². The van der Waals surface area contributed by atoms with E-state index in [-0.39, 0.29) is 0 Å². The van der Waals surface area contributed by atoms with Gasteiger partial charge in [0.2, 0.25) is 0 Å². The highest BCUT2D eigenvalue weighted by atomic mass is 35.5. The molecule has 1 unspecified atom stereocenters. The molecule has 5 heteroatoms. The van der Waals surface area contributed by atoms with Crippen molar-refractivity contribution < 1.29 is 0 Å². The van der Waals surface area contributed by atoms with Crippen molar-refractivity contribution in [3.8, 4) is 0 Å². The largest absolute Gasteiger partial charge is 0.219 e. The Hall–Kier alpha value is -0.740. The van der Waals surface area contributed by atoms with E-state index < -0.39 is 0 Å². The molecule has 3 rings (SSSR count). The Morgan fingerprint density at radius 1 is 1.50 bits per heavy atom. The zero-order valence-electron chi connectivity index (χ0n) is 8.77. The average molecular weight is 254 g/mol. The van der Waals surface area contributed by atoms with Gasteiger partial charge in [-0.2, -0.15) is 16.9 Å². The number of halogens is 1. The van der Waals surface area contributed by atoms with Crippen LogP contribution in [0.4, 0.5) is 0 Å². The van der Waals surface area contributed by atoms with E-state index in [9.17, 15) is 0 Å². The summed E-state index contributed by atoms with van der Waals surface area (Å²) in [5.74, 6) is 4.22. The summed E-state index contributed by atoms with van der Waals surface area (Å²) in [6.07, 6.45) is 4.09. The first-order valence-corrected chi connectivity index (χ1v) is 6.93. The quantitative estimate of drug-likeness (QED) is 0.824. The summed E-state index contributed by atoms with van der Waals surface area (Å²) in [5, 5.41) is 5.14. The topological polar surface area (TPSA) is 30.2 Å². The van der Waals surface area contributed by atoms with Gasteiger partial charge in [-0.25, -0.2) is 9.50 Å². The molecule has 1 atom stereocenters. The fraction of sp³-hybridized carbons (Fsp3) is 0.455. The molecule has 0 saturated carbocycles. The summed E-state index contributed by atoms with van der Waals surface area (Å²) in [5.41, 5.74) is 0.880. The Balaban J connectivity index is 1.86. The number of thioether (sulfide) groups is 1. The molecule has 2 aromatic heterocycles. The molecular weight excluding hydrogens is 242 g/mol. The molecule has 84 valence electrons. The van der Waals surface area contributed by atoms with Crippen molar-refractivity contribution in [1.82, 2.24) is 14.6 Å². The molecule has 0 amide bonds. The summed E-state index contributed by atoms with van der Waals surface area (Å²) in [7, 11) is 0. The first kappa shape index (κ1) is 10.4. The number of aromatic nitrogens is 3.